The minimum absolute atomic E-state index is 0.0167. The highest BCUT2D eigenvalue weighted by atomic mass is 28.4. The minimum atomic E-state index is -1.79. The maximum atomic E-state index is 10.7. The van der Waals surface area contributed by atoms with Crippen LogP contribution in [0.25, 0.3) is 0 Å². The van der Waals surface area contributed by atoms with Crippen LogP contribution in [0.15, 0.2) is 0 Å². The Morgan fingerprint density at radius 3 is 2.44 bits per heavy atom. The first-order chi connectivity index (χ1) is 7.13. The minimum Gasteiger partial charge on any atom is -0.464 e. The van der Waals surface area contributed by atoms with Crippen molar-refractivity contribution in [2.24, 2.45) is 0 Å². The highest BCUT2D eigenvalue weighted by Gasteiger charge is 2.41. The molecule has 0 saturated carbocycles. The van der Waals surface area contributed by atoms with Gasteiger partial charge < -0.3 is 9.53 Å². The Morgan fingerprint density at radius 1 is 1.50 bits per heavy atom. The van der Waals surface area contributed by atoms with E-state index in [1.165, 1.54) is 5.01 Å². The van der Waals surface area contributed by atoms with Gasteiger partial charge in [0.2, 0.25) is 0 Å². The third kappa shape index (κ3) is 2.96. The Hall–Kier alpha value is -0.593. The van der Waals surface area contributed by atoms with Gasteiger partial charge in [-0.3, -0.25) is 0 Å². The van der Waals surface area contributed by atoms with Crippen molar-refractivity contribution < 1.29 is 14.3 Å². The molecule has 1 unspecified atom stereocenters. The van der Waals surface area contributed by atoms with E-state index >= 15 is 0 Å². The Labute approximate surface area is 97.9 Å². The van der Waals surface area contributed by atoms with Crippen LogP contribution in [0.3, 0.4) is 0 Å². The van der Waals surface area contributed by atoms with Gasteiger partial charge in [0.1, 0.15) is 0 Å². The summed E-state index contributed by atoms with van der Waals surface area (Å²) in [6.07, 6.45) is -0.960. The van der Waals surface area contributed by atoms with Crippen LogP contribution in [-0.2, 0) is 4.43 Å². The summed E-state index contributed by atoms with van der Waals surface area (Å²) in [5.41, 5.74) is 2.81. The fourth-order valence-corrected chi connectivity index (χ4v) is 2.71. The maximum Gasteiger partial charge on any atom is 0.421 e. The second-order valence-corrected chi connectivity index (χ2v) is 10.5. The van der Waals surface area contributed by atoms with Crippen molar-refractivity contribution >= 4 is 14.4 Å². The molecule has 1 heterocycles. The molecule has 1 fully saturated rings. The van der Waals surface area contributed by atoms with Gasteiger partial charge in [-0.2, -0.15) is 0 Å². The number of nitrogens with zero attached hydrogens (tertiary/aromatic N) is 1. The quantitative estimate of drug-likeness (QED) is 0.730. The smallest absolute Gasteiger partial charge is 0.421 e. The predicted octanol–water partition coefficient (Wildman–Crippen LogP) is 1.88. The molecule has 0 aromatic rings. The van der Waals surface area contributed by atoms with Crippen molar-refractivity contribution in [1.82, 2.24) is 10.4 Å². The Bertz CT molecular complexity index is 276. The monoisotopic (exact) mass is 246 g/mol. The molecule has 1 amide bonds. The number of rotatable bonds is 2. The SMILES string of the molecule is CC(C)(C)[Si](C)(C)OC1CNN(C(=O)O)C1. The molecular formula is C10H22N2O3Si. The van der Waals surface area contributed by atoms with Crippen molar-refractivity contribution in [3.63, 3.8) is 0 Å². The molecule has 1 aliphatic heterocycles. The summed E-state index contributed by atoms with van der Waals surface area (Å²) in [5, 5.41) is 10.2. The Balaban J connectivity index is 2.54. The molecule has 1 atom stereocenters. The lowest BCUT2D eigenvalue weighted by atomic mass is 10.2. The molecule has 0 aromatic carbocycles. The predicted molar refractivity (Wildman–Crippen MR) is 64.8 cm³/mol. The highest BCUT2D eigenvalue weighted by molar-refractivity contribution is 6.74. The zero-order valence-electron chi connectivity index (χ0n) is 10.7. The molecule has 1 aliphatic rings. The maximum absolute atomic E-state index is 10.7. The number of carboxylic acid groups (broad SMARTS) is 1. The van der Waals surface area contributed by atoms with Crippen LogP contribution >= 0.6 is 0 Å². The first kappa shape index (κ1) is 13.5. The van der Waals surface area contributed by atoms with Gasteiger partial charge >= 0.3 is 6.09 Å². The first-order valence-electron chi connectivity index (χ1n) is 5.55. The van der Waals surface area contributed by atoms with Gasteiger partial charge in [0.25, 0.3) is 0 Å². The fraction of sp³-hybridized carbons (Fsp3) is 0.900. The van der Waals surface area contributed by atoms with Gasteiger partial charge in [-0.25, -0.2) is 15.2 Å². The standard InChI is InChI=1S/C10H22N2O3Si/c1-10(2,3)16(4,5)15-8-6-11-12(7-8)9(13)14/h8,11H,6-7H2,1-5H3,(H,13,14). The largest absolute Gasteiger partial charge is 0.464 e. The van der Waals surface area contributed by atoms with Gasteiger partial charge in [-0.1, -0.05) is 20.8 Å². The molecule has 0 radical (unpaired) electrons. The number of hydrazine groups is 1. The summed E-state index contributed by atoms with van der Waals surface area (Å²) < 4.78 is 6.12. The summed E-state index contributed by atoms with van der Waals surface area (Å²) in [6, 6.07) is 0. The van der Waals surface area contributed by atoms with Gasteiger partial charge in [0.05, 0.1) is 12.6 Å². The lowest BCUT2D eigenvalue weighted by molar-refractivity contribution is 0.130. The second-order valence-electron chi connectivity index (χ2n) is 5.76. The van der Waals surface area contributed by atoms with E-state index < -0.39 is 14.4 Å². The van der Waals surface area contributed by atoms with E-state index in [2.05, 4.69) is 39.3 Å². The molecule has 94 valence electrons. The topological polar surface area (TPSA) is 61.8 Å². The lowest BCUT2D eigenvalue weighted by Gasteiger charge is -2.38. The average Bonchev–Trinajstić information content (AvgIpc) is 2.49. The molecule has 0 aliphatic carbocycles. The molecule has 0 bridgehead atoms. The van der Waals surface area contributed by atoms with E-state index in [0.29, 0.717) is 13.1 Å². The third-order valence-corrected chi connectivity index (χ3v) is 7.93. The van der Waals surface area contributed by atoms with E-state index in [1.807, 2.05) is 0 Å². The van der Waals surface area contributed by atoms with Crippen LogP contribution in [0.2, 0.25) is 18.1 Å². The number of nitrogens with one attached hydrogen (secondary N) is 1. The highest BCUT2D eigenvalue weighted by Crippen LogP contribution is 2.37. The van der Waals surface area contributed by atoms with E-state index in [4.69, 9.17) is 9.53 Å². The molecule has 6 heteroatoms. The van der Waals surface area contributed by atoms with Crippen molar-refractivity contribution in [2.75, 3.05) is 13.1 Å². The zero-order valence-corrected chi connectivity index (χ0v) is 11.7. The Morgan fingerprint density at radius 2 is 2.06 bits per heavy atom. The number of carbonyl (C=O) groups is 1. The van der Waals surface area contributed by atoms with Crippen LogP contribution in [0.1, 0.15) is 20.8 Å². The molecule has 2 N–H and O–H groups in total. The molecule has 0 spiro atoms. The summed E-state index contributed by atoms with van der Waals surface area (Å²) >= 11 is 0. The van der Waals surface area contributed by atoms with E-state index in [0.717, 1.165) is 0 Å². The zero-order chi connectivity index (χ0) is 12.6. The average molecular weight is 246 g/mol. The van der Waals surface area contributed by atoms with E-state index in [-0.39, 0.29) is 11.1 Å². The summed E-state index contributed by atoms with van der Waals surface area (Å²) in [7, 11) is -1.79. The van der Waals surface area contributed by atoms with Crippen molar-refractivity contribution in [1.29, 1.82) is 0 Å². The number of amides is 1. The van der Waals surface area contributed by atoms with Crippen molar-refractivity contribution in [3.05, 3.63) is 0 Å². The van der Waals surface area contributed by atoms with Gasteiger partial charge in [0.15, 0.2) is 8.32 Å². The van der Waals surface area contributed by atoms with Crippen LogP contribution < -0.4 is 5.43 Å². The molecule has 5 nitrogen and oxygen atoms in total. The Kier molecular flexibility index (Phi) is 3.66. The van der Waals surface area contributed by atoms with Crippen LogP contribution in [0.4, 0.5) is 4.79 Å². The third-order valence-electron chi connectivity index (χ3n) is 3.39. The van der Waals surface area contributed by atoms with Crippen LogP contribution in [0.5, 0.6) is 0 Å². The molecule has 1 rings (SSSR count). The van der Waals surface area contributed by atoms with Crippen molar-refractivity contribution in [2.45, 2.75) is 45.0 Å². The van der Waals surface area contributed by atoms with Gasteiger partial charge in [-0.05, 0) is 18.1 Å². The first-order valence-corrected chi connectivity index (χ1v) is 8.46. The summed E-state index contributed by atoms with van der Waals surface area (Å²) in [4.78, 5) is 10.7. The van der Waals surface area contributed by atoms with Gasteiger partial charge in [0, 0.05) is 6.54 Å². The second kappa shape index (κ2) is 4.35. The molecule has 16 heavy (non-hydrogen) atoms. The number of hydrogen-bond acceptors (Lipinski definition) is 3. The fourth-order valence-electron chi connectivity index (χ4n) is 1.36. The number of hydrogen-bond donors (Lipinski definition) is 2. The summed E-state index contributed by atoms with van der Waals surface area (Å²) in [6.45, 7) is 11.9. The molecule has 1 saturated heterocycles. The normalized spacial score (nSPS) is 22.6. The van der Waals surface area contributed by atoms with Crippen molar-refractivity contribution in [3.8, 4) is 0 Å². The lowest BCUT2D eigenvalue weighted by Crippen LogP contribution is -2.45. The molecule has 0 aromatic heterocycles. The molecular weight excluding hydrogens is 224 g/mol. The van der Waals surface area contributed by atoms with Crippen LogP contribution in [-0.4, -0.2) is 43.7 Å². The van der Waals surface area contributed by atoms with E-state index in [9.17, 15) is 4.79 Å². The van der Waals surface area contributed by atoms with E-state index in [1.54, 1.807) is 0 Å². The van der Waals surface area contributed by atoms with Crippen LogP contribution in [0, 0.1) is 0 Å². The summed E-state index contributed by atoms with van der Waals surface area (Å²) in [5.74, 6) is 0. The van der Waals surface area contributed by atoms with Gasteiger partial charge in [-0.15, -0.1) is 0 Å².